The van der Waals surface area contributed by atoms with Gasteiger partial charge >= 0.3 is 0 Å². The Kier molecular flexibility index (Phi) is 4.62. The molecule has 6 rings (SSSR count). The number of halogens is 2. The lowest BCUT2D eigenvalue weighted by Gasteiger charge is -2.08. The monoisotopic (exact) mass is 573 g/mol. The van der Waals surface area contributed by atoms with Gasteiger partial charge in [0, 0.05) is 24.5 Å². The Morgan fingerprint density at radius 2 is 1.23 bits per heavy atom. The van der Waals surface area contributed by atoms with Gasteiger partial charge < -0.3 is 4.57 Å². The molecule has 0 fully saturated rings. The molecule has 148 valence electrons. The molecule has 0 saturated heterocycles. The molecule has 5 aromatic carbocycles. The first-order chi connectivity index (χ1) is 15.2. The Labute approximate surface area is 202 Å². The van der Waals surface area contributed by atoms with Crippen LogP contribution in [0.15, 0.2) is 108 Å². The quantitative estimate of drug-likeness (QED) is 0.182. The molecule has 3 heteroatoms. The fraction of sp³-hybridized carbons (Fsp3) is 0. The third kappa shape index (κ3) is 3.27. The van der Waals surface area contributed by atoms with E-state index < -0.39 is 0 Å². The summed E-state index contributed by atoms with van der Waals surface area (Å²) in [5.41, 5.74) is 6.14. The van der Waals surface area contributed by atoms with Crippen LogP contribution in [0.5, 0.6) is 0 Å². The van der Waals surface area contributed by atoms with Gasteiger partial charge in [0.2, 0.25) is 0 Å². The summed E-state index contributed by atoms with van der Waals surface area (Å²) in [7, 11) is 0. The molecule has 0 radical (unpaired) electrons. The van der Waals surface area contributed by atoms with Gasteiger partial charge in [-0.3, -0.25) is 0 Å². The van der Waals surface area contributed by atoms with Crippen molar-refractivity contribution in [3.8, 4) is 16.8 Å². The molecule has 31 heavy (non-hydrogen) atoms. The SMILES string of the molecule is Brc1ccc2cc(-c3ccc4c(c3)c3cc(I)ccc3n4-c3ccccc3)ccc2c1. The first kappa shape index (κ1) is 19.1. The van der Waals surface area contributed by atoms with E-state index in [2.05, 4.69) is 146 Å². The minimum atomic E-state index is 1.11. The first-order valence-electron chi connectivity index (χ1n) is 10.2. The summed E-state index contributed by atoms with van der Waals surface area (Å²) in [6, 6.07) is 37.3. The molecule has 0 N–H and O–H groups in total. The summed E-state index contributed by atoms with van der Waals surface area (Å²) >= 11 is 5.97. The van der Waals surface area contributed by atoms with E-state index in [1.165, 1.54) is 53.0 Å². The largest absolute Gasteiger partial charge is 0.309 e. The number of benzene rings is 5. The van der Waals surface area contributed by atoms with Crippen LogP contribution in [0.3, 0.4) is 0 Å². The van der Waals surface area contributed by atoms with Gasteiger partial charge in [0.25, 0.3) is 0 Å². The molecule has 1 aromatic heterocycles. The maximum absolute atomic E-state index is 3.57. The summed E-state index contributed by atoms with van der Waals surface area (Å²) in [5.74, 6) is 0. The van der Waals surface area contributed by atoms with Crippen LogP contribution in [0.4, 0.5) is 0 Å². The summed E-state index contributed by atoms with van der Waals surface area (Å²) in [5, 5.41) is 5.07. The molecule has 1 nitrogen and oxygen atoms in total. The molecule has 6 aromatic rings. The third-order valence-corrected chi connectivity index (χ3v) is 7.04. The molecule has 0 amide bonds. The molecule has 0 aliphatic carbocycles. The Hall–Kier alpha value is -2.63. The van der Waals surface area contributed by atoms with Crippen molar-refractivity contribution in [3.05, 3.63) is 111 Å². The molecule has 0 atom stereocenters. The fourth-order valence-corrected chi connectivity index (χ4v) is 5.30. The molecule has 0 aliphatic rings. The van der Waals surface area contributed by atoms with E-state index in [1.807, 2.05) is 0 Å². The lowest BCUT2D eigenvalue weighted by atomic mass is 9.99. The van der Waals surface area contributed by atoms with Gasteiger partial charge in [-0.05, 0) is 105 Å². The van der Waals surface area contributed by atoms with E-state index in [9.17, 15) is 0 Å². The average molecular weight is 574 g/mol. The summed E-state index contributed by atoms with van der Waals surface area (Å²) in [6.45, 7) is 0. The Morgan fingerprint density at radius 1 is 0.581 bits per heavy atom. The van der Waals surface area contributed by atoms with Crippen LogP contribution in [0.25, 0.3) is 49.4 Å². The molecule has 0 aliphatic heterocycles. The fourth-order valence-electron chi connectivity index (χ4n) is 4.43. The number of hydrogen-bond acceptors (Lipinski definition) is 0. The zero-order chi connectivity index (χ0) is 20.9. The Bertz CT molecular complexity index is 1600. The second kappa shape index (κ2) is 7.50. The van der Waals surface area contributed by atoms with Crippen molar-refractivity contribution in [2.24, 2.45) is 0 Å². The lowest BCUT2D eigenvalue weighted by Crippen LogP contribution is -1.93. The molecule has 0 spiro atoms. The standard InChI is InChI=1S/C28H17BrIN/c29-22-10-8-19-14-18(6-7-20(19)15-22)21-9-12-27-25(16-21)26-17-23(30)11-13-28(26)31(27)24-4-2-1-3-5-24/h1-17H. The van der Waals surface area contributed by atoms with Gasteiger partial charge in [0.15, 0.2) is 0 Å². The van der Waals surface area contributed by atoms with Crippen molar-refractivity contribution in [1.82, 2.24) is 4.57 Å². The maximum atomic E-state index is 3.57. The van der Waals surface area contributed by atoms with Crippen molar-refractivity contribution in [2.45, 2.75) is 0 Å². The highest BCUT2D eigenvalue weighted by Crippen LogP contribution is 2.36. The van der Waals surface area contributed by atoms with Crippen molar-refractivity contribution >= 4 is 71.1 Å². The van der Waals surface area contributed by atoms with Crippen LogP contribution in [-0.2, 0) is 0 Å². The second-order valence-corrected chi connectivity index (χ2v) is 9.93. The van der Waals surface area contributed by atoms with E-state index in [0.29, 0.717) is 0 Å². The summed E-state index contributed by atoms with van der Waals surface area (Å²) in [6.07, 6.45) is 0. The van der Waals surface area contributed by atoms with E-state index in [1.54, 1.807) is 0 Å². The minimum absolute atomic E-state index is 1.11. The predicted molar refractivity (Wildman–Crippen MR) is 144 cm³/mol. The Balaban J connectivity index is 1.62. The summed E-state index contributed by atoms with van der Waals surface area (Å²) < 4.78 is 4.72. The van der Waals surface area contributed by atoms with E-state index in [-0.39, 0.29) is 0 Å². The third-order valence-electron chi connectivity index (χ3n) is 5.88. The average Bonchev–Trinajstić information content (AvgIpc) is 3.12. The van der Waals surface area contributed by atoms with Gasteiger partial charge in [-0.25, -0.2) is 0 Å². The van der Waals surface area contributed by atoms with Crippen molar-refractivity contribution in [2.75, 3.05) is 0 Å². The number of fused-ring (bicyclic) bond motifs is 4. The van der Waals surface area contributed by atoms with Gasteiger partial charge in [-0.2, -0.15) is 0 Å². The van der Waals surface area contributed by atoms with E-state index in [4.69, 9.17) is 0 Å². The molecule has 0 unspecified atom stereocenters. The minimum Gasteiger partial charge on any atom is -0.309 e. The molecule has 0 bridgehead atoms. The van der Waals surface area contributed by atoms with Crippen molar-refractivity contribution in [3.63, 3.8) is 0 Å². The van der Waals surface area contributed by atoms with Crippen LogP contribution in [0.1, 0.15) is 0 Å². The molecule has 0 saturated carbocycles. The van der Waals surface area contributed by atoms with Gasteiger partial charge in [0.1, 0.15) is 0 Å². The number of hydrogen-bond donors (Lipinski definition) is 0. The zero-order valence-corrected chi connectivity index (χ0v) is 20.3. The van der Waals surface area contributed by atoms with Crippen LogP contribution >= 0.6 is 38.5 Å². The molecule has 1 heterocycles. The van der Waals surface area contributed by atoms with Crippen LogP contribution in [0, 0.1) is 3.57 Å². The van der Waals surface area contributed by atoms with Crippen LogP contribution < -0.4 is 0 Å². The number of rotatable bonds is 2. The molecular formula is C28H17BrIN. The van der Waals surface area contributed by atoms with E-state index >= 15 is 0 Å². The van der Waals surface area contributed by atoms with Gasteiger partial charge in [-0.1, -0.05) is 58.4 Å². The smallest absolute Gasteiger partial charge is 0.0541 e. The topological polar surface area (TPSA) is 4.93 Å². The highest BCUT2D eigenvalue weighted by molar-refractivity contribution is 14.1. The molecular weight excluding hydrogens is 557 g/mol. The highest BCUT2D eigenvalue weighted by Gasteiger charge is 2.13. The zero-order valence-electron chi connectivity index (χ0n) is 16.5. The number of aromatic nitrogens is 1. The van der Waals surface area contributed by atoms with Crippen LogP contribution in [-0.4, -0.2) is 4.57 Å². The summed E-state index contributed by atoms with van der Waals surface area (Å²) in [4.78, 5) is 0. The number of para-hydroxylation sites is 1. The highest BCUT2D eigenvalue weighted by atomic mass is 127. The van der Waals surface area contributed by atoms with Crippen molar-refractivity contribution in [1.29, 1.82) is 0 Å². The van der Waals surface area contributed by atoms with Crippen molar-refractivity contribution < 1.29 is 0 Å². The second-order valence-electron chi connectivity index (χ2n) is 7.77. The normalized spacial score (nSPS) is 11.5. The van der Waals surface area contributed by atoms with E-state index in [0.717, 1.165) is 4.47 Å². The maximum Gasteiger partial charge on any atom is 0.0541 e. The predicted octanol–water partition coefficient (Wildman–Crippen LogP) is 8.97. The van der Waals surface area contributed by atoms with Gasteiger partial charge in [0.05, 0.1) is 11.0 Å². The van der Waals surface area contributed by atoms with Gasteiger partial charge in [-0.15, -0.1) is 0 Å². The van der Waals surface area contributed by atoms with Crippen LogP contribution in [0.2, 0.25) is 0 Å². The number of nitrogens with zero attached hydrogens (tertiary/aromatic N) is 1. The lowest BCUT2D eigenvalue weighted by molar-refractivity contribution is 1.18. The Morgan fingerprint density at radius 3 is 2.06 bits per heavy atom. The first-order valence-corrected chi connectivity index (χ1v) is 12.0.